The van der Waals surface area contributed by atoms with Crippen LogP contribution in [0.25, 0.3) is 11.0 Å². The summed E-state index contributed by atoms with van der Waals surface area (Å²) in [7, 11) is 3.74. The van der Waals surface area contributed by atoms with Crippen molar-refractivity contribution in [3.8, 4) is 5.75 Å². The molecule has 0 unspecified atom stereocenters. The van der Waals surface area contributed by atoms with E-state index in [4.69, 9.17) is 9.15 Å². The number of aryl methyl sites for hydroxylation is 2. The number of hydrogen-bond acceptors (Lipinski definition) is 4. The SMILES string of the molecule is CCc1oc2ccccc2c1CN(C)C(=O)c1ccc(OCc2nccn2C)cc1. The van der Waals surface area contributed by atoms with Crippen molar-refractivity contribution >= 4 is 16.9 Å². The molecule has 0 aliphatic heterocycles. The summed E-state index contributed by atoms with van der Waals surface area (Å²) in [5, 5.41) is 1.06. The standard InChI is InChI=1S/C24H25N3O3/c1-4-21-20(19-7-5-6-8-22(19)30-21)15-27(3)24(28)17-9-11-18(12-10-17)29-16-23-25-13-14-26(23)2/h5-14H,4,15-16H2,1-3H3. The van der Waals surface area contributed by atoms with Gasteiger partial charge in [-0.3, -0.25) is 4.79 Å². The Kier molecular flexibility index (Phi) is 5.57. The zero-order chi connectivity index (χ0) is 21.1. The Morgan fingerprint density at radius 1 is 1.17 bits per heavy atom. The van der Waals surface area contributed by atoms with Gasteiger partial charge >= 0.3 is 0 Å². The number of rotatable bonds is 7. The van der Waals surface area contributed by atoms with Crippen LogP contribution in [0.2, 0.25) is 0 Å². The van der Waals surface area contributed by atoms with Crippen LogP contribution in [-0.4, -0.2) is 27.4 Å². The highest BCUT2D eigenvalue weighted by atomic mass is 16.5. The van der Waals surface area contributed by atoms with Crippen LogP contribution < -0.4 is 4.74 Å². The number of amides is 1. The van der Waals surface area contributed by atoms with Gasteiger partial charge in [0.05, 0.1) is 0 Å². The van der Waals surface area contributed by atoms with Crippen LogP contribution in [0.5, 0.6) is 5.75 Å². The first-order valence-electron chi connectivity index (χ1n) is 10.0. The van der Waals surface area contributed by atoms with Crippen molar-refractivity contribution in [1.29, 1.82) is 0 Å². The molecule has 6 nitrogen and oxygen atoms in total. The zero-order valence-electron chi connectivity index (χ0n) is 17.5. The summed E-state index contributed by atoms with van der Waals surface area (Å²) in [6, 6.07) is 15.2. The van der Waals surface area contributed by atoms with Gasteiger partial charge in [0.25, 0.3) is 5.91 Å². The number of fused-ring (bicyclic) bond motifs is 1. The van der Waals surface area contributed by atoms with Crippen LogP contribution in [0.4, 0.5) is 0 Å². The highest BCUT2D eigenvalue weighted by Gasteiger charge is 2.18. The van der Waals surface area contributed by atoms with Crippen molar-refractivity contribution in [2.75, 3.05) is 7.05 Å². The van der Waals surface area contributed by atoms with Gasteiger partial charge in [-0.2, -0.15) is 0 Å². The van der Waals surface area contributed by atoms with Crippen LogP contribution in [0.15, 0.2) is 65.3 Å². The van der Waals surface area contributed by atoms with Gasteiger partial charge in [-0.05, 0) is 30.3 Å². The Balaban J connectivity index is 1.45. The number of benzene rings is 2. The lowest BCUT2D eigenvalue weighted by molar-refractivity contribution is 0.0785. The molecule has 0 radical (unpaired) electrons. The van der Waals surface area contributed by atoms with Gasteiger partial charge in [0.2, 0.25) is 0 Å². The molecule has 0 aliphatic carbocycles. The monoisotopic (exact) mass is 403 g/mol. The van der Waals surface area contributed by atoms with Crippen molar-refractivity contribution < 1.29 is 13.9 Å². The lowest BCUT2D eigenvalue weighted by Gasteiger charge is -2.18. The topological polar surface area (TPSA) is 60.5 Å². The molecule has 0 saturated carbocycles. The Morgan fingerprint density at radius 2 is 1.93 bits per heavy atom. The second-order valence-corrected chi connectivity index (χ2v) is 7.28. The van der Waals surface area contributed by atoms with Crippen molar-refractivity contribution in [2.45, 2.75) is 26.5 Å². The maximum Gasteiger partial charge on any atom is 0.253 e. The summed E-state index contributed by atoms with van der Waals surface area (Å²) in [4.78, 5) is 18.9. The molecule has 0 spiro atoms. The summed E-state index contributed by atoms with van der Waals surface area (Å²) in [5.41, 5.74) is 2.55. The van der Waals surface area contributed by atoms with Gasteiger partial charge in [-0.25, -0.2) is 4.98 Å². The Morgan fingerprint density at radius 3 is 2.63 bits per heavy atom. The van der Waals surface area contributed by atoms with E-state index in [1.807, 2.05) is 61.3 Å². The molecular formula is C24H25N3O3. The van der Waals surface area contributed by atoms with E-state index >= 15 is 0 Å². The first kappa shape index (κ1) is 19.8. The van der Waals surface area contributed by atoms with Crippen molar-refractivity contribution in [1.82, 2.24) is 14.5 Å². The third-order valence-electron chi connectivity index (χ3n) is 5.24. The quantitative estimate of drug-likeness (QED) is 0.453. The second kappa shape index (κ2) is 8.45. The number of para-hydroxylation sites is 1. The van der Waals surface area contributed by atoms with E-state index in [0.29, 0.717) is 24.5 Å². The van der Waals surface area contributed by atoms with E-state index in [1.165, 1.54) is 0 Å². The Labute approximate surface area is 175 Å². The number of aromatic nitrogens is 2. The van der Waals surface area contributed by atoms with E-state index in [9.17, 15) is 4.79 Å². The Hall–Kier alpha value is -3.54. The largest absolute Gasteiger partial charge is 0.486 e. The van der Waals surface area contributed by atoms with E-state index in [1.54, 1.807) is 23.2 Å². The molecule has 2 aromatic carbocycles. The summed E-state index contributed by atoms with van der Waals surface area (Å²) in [5.74, 6) is 2.42. The molecule has 2 aromatic heterocycles. The molecule has 4 aromatic rings. The molecule has 0 atom stereocenters. The van der Waals surface area contributed by atoms with Gasteiger partial charge in [0.1, 0.15) is 29.5 Å². The van der Waals surface area contributed by atoms with Crippen LogP contribution in [-0.2, 0) is 26.6 Å². The number of carbonyl (C=O) groups excluding carboxylic acids is 1. The number of nitrogens with zero attached hydrogens (tertiary/aromatic N) is 3. The third kappa shape index (κ3) is 3.94. The van der Waals surface area contributed by atoms with Crippen LogP contribution in [0.1, 0.15) is 34.4 Å². The summed E-state index contributed by atoms with van der Waals surface area (Å²) in [6.45, 7) is 2.94. The van der Waals surface area contributed by atoms with Gasteiger partial charge in [-0.1, -0.05) is 25.1 Å². The average molecular weight is 403 g/mol. The Bertz CT molecular complexity index is 1160. The normalized spacial score (nSPS) is 11.0. The van der Waals surface area contributed by atoms with E-state index in [-0.39, 0.29) is 5.91 Å². The number of ether oxygens (including phenoxy) is 1. The fraction of sp³-hybridized carbons (Fsp3) is 0.250. The van der Waals surface area contributed by atoms with Gasteiger partial charge in [0, 0.05) is 56.0 Å². The average Bonchev–Trinajstić information content (AvgIpc) is 3.35. The molecule has 2 heterocycles. The van der Waals surface area contributed by atoms with Gasteiger partial charge in [-0.15, -0.1) is 0 Å². The maximum absolute atomic E-state index is 12.9. The molecule has 0 bridgehead atoms. The van der Waals surface area contributed by atoms with Gasteiger partial charge < -0.3 is 18.6 Å². The smallest absolute Gasteiger partial charge is 0.253 e. The van der Waals surface area contributed by atoms with E-state index in [2.05, 4.69) is 11.9 Å². The first-order valence-corrected chi connectivity index (χ1v) is 10.0. The number of carbonyl (C=O) groups is 1. The third-order valence-corrected chi connectivity index (χ3v) is 5.24. The van der Waals surface area contributed by atoms with E-state index in [0.717, 1.165) is 34.5 Å². The fourth-order valence-corrected chi connectivity index (χ4v) is 3.51. The van der Waals surface area contributed by atoms with Gasteiger partial charge in [0.15, 0.2) is 0 Å². The summed E-state index contributed by atoms with van der Waals surface area (Å²) >= 11 is 0. The molecule has 4 rings (SSSR count). The van der Waals surface area contributed by atoms with Crippen molar-refractivity contribution in [3.05, 3.63) is 83.6 Å². The molecular weight excluding hydrogens is 378 g/mol. The number of imidazole rings is 1. The molecule has 0 fully saturated rings. The lowest BCUT2D eigenvalue weighted by Crippen LogP contribution is -2.26. The van der Waals surface area contributed by atoms with Crippen molar-refractivity contribution in [2.24, 2.45) is 7.05 Å². The molecule has 0 saturated heterocycles. The molecule has 0 N–H and O–H groups in total. The minimum Gasteiger partial charge on any atom is -0.486 e. The van der Waals surface area contributed by atoms with Crippen LogP contribution in [0, 0.1) is 0 Å². The second-order valence-electron chi connectivity index (χ2n) is 7.28. The predicted molar refractivity (Wildman–Crippen MR) is 115 cm³/mol. The number of hydrogen-bond donors (Lipinski definition) is 0. The van der Waals surface area contributed by atoms with E-state index < -0.39 is 0 Å². The summed E-state index contributed by atoms with van der Waals surface area (Å²) < 4.78 is 13.6. The first-order chi connectivity index (χ1) is 14.6. The summed E-state index contributed by atoms with van der Waals surface area (Å²) in [6.07, 6.45) is 4.40. The molecule has 0 aliphatic rings. The fourth-order valence-electron chi connectivity index (χ4n) is 3.51. The maximum atomic E-state index is 12.9. The molecule has 1 amide bonds. The predicted octanol–water partition coefficient (Wildman–Crippen LogP) is 4.58. The van der Waals surface area contributed by atoms with Crippen LogP contribution >= 0.6 is 0 Å². The highest BCUT2D eigenvalue weighted by Crippen LogP contribution is 2.27. The lowest BCUT2D eigenvalue weighted by atomic mass is 10.1. The van der Waals surface area contributed by atoms with Crippen molar-refractivity contribution in [3.63, 3.8) is 0 Å². The minimum atomic E-state index is -0.0435. The zero-order valence-corrected chi connectivity index (χ0v) is 17.5. The molecule has 6 heteroatoms. The molecule has 154 valence electrons. The highest BCUT2D eigenvalue weighted by molar-refractivity contribution is 5.94. The van der Waals surface area contributed by atoms with Crippen LogP contribution in [0.3, 0.4) is 0 Å². The minimum absolute atomic E-state index is 0.0435. The molecule has 30 heavy (non-hydrogen) atoms. The number of furan rings is 1.